The molecule has 28 heavy (non-hydrogen) atoms. The van der Waals surface area contributed by atoms with Crippen LogP contribution < -0.4 is 4.72 Å². The van der Waals surface area contributed by atoms with Crippen molar-refractivity contribution < 1.29 is 16.8 Å². The number of nitrogens with one attached hydrogen (secondary N) is 1. The third kappa shape index (κ3) is 4.74. The summed E-state index contributed by atoms with van der Waals surface area (Å²) in [7, 11) is -6.98. The molecule has 0 radical (unpaired) electrons. The van der Waals surface area contributed by atoms with Crippen molar-refractivity contribution in [1.29, 1.82) is 0 Å². The highest BCUT2D eigenvalue weighted by molar-refractivity contribution is 7.92. The third-order valence-electron chi connectivity index (χ3n) is 4.88. The molecule has 0 aliphatic carbocycles. The van der Waals surface area contributed by atoms with Crippen molar-refractivity contribution in [1.82, 2.24) is 4.31 Å². The quantitative estimate of drug-likeness (QED) is 0.742. The van der Waals surface area contributed by atoms with E-state index in [1.165, 1.54) is 4.31 Å². The Morgan fingerprint density at radius 2 is 1.71 bits per heavy atom. The van der Waals surface area contributed by atoms with Gasteiger partial charge in [-0.25, -0.2) is 16.8 Å². The van der Waals surface area contributed by atoms with Crippen LogP contribution in [-0.2, 0) is 33.0 Å². The molecule has 1 aliphatic rings. The highest BCUT2D eigenvalue weighted by atomic mass is 32.2. The monoisotopic (exact) mass is 422 g/mol. The molecule has 8 heteroatoms. The van der Waals surface area contributed by atoms with Gasteiger partial charge in [-0.05, 0) is 55.2 Å². The first kappa shape index (κ1) is 20.8. The molecule has 3 rings (SSSR count). The minimum absolute atomic E-state index is 0.0779. The minimum Gasteiger partial charge on any atom is -0.284 e. The predicted octanol–water partition coefficient (Wildman–Crippen LogP) is 3.28. The zero-order valence-electron chi connectivity index (χ0n) is 16.2. The van der Waals surface area contributed by atoms with E-state index in [4.69, 9.17) is 0 Å². The lowest BCUT2D eigenvalue weighted by Crippen LogP contribution is -2.36. The molecular formula is C20H26N2O4S2. The Balaban J connectivity index is 1.81. The fourth-order valence-corrected chi connectivity index (χ4v) is 5.90. The second-order valence-electron chi connectivity index (χ2n) is 7.16. The molecule has 0 spiro atoms. The Bertz CT molecular complexity index is 1050. The fraction of sp³-hybridized carbons (Fsp3) is 0.400. The van der Waals surface area contributed by atoms with Gasteiger partial charge in [-0.3, -0.25) is 4.72 Å². The summed E-state index contributed by atoms with van der Waals surface area (Å²) in [4.78, 5) is 0.276. The number of nitrogens with zero attached hydrogens (tertiary/aromatic N) is 1. The summed E-state index contributed by atoms with van der Waals surface area (Å²) in [6, 6.07) is 12.2. The summed E-state index contributed by atoms with van der Waals surface area (Å²) in [6.07, 6.45) is 2.00. The number of unbranched alkanes of at least 4 members (excludes halogenated alkanes) is 1. The summed E-state index contributed by atoms with van der Waals surface area (Å²) < 4.78 is 54.3. The van der Waals surface area contributed by atoms with Crippen molar-refractivity contribution >= 4 is 25.7 Å². The molecule has 0 saturated carbocycles. The van der Waals surface area contributed by atoms with Crippen LogP contribution in [0.2, 0.25) is 0 Å². The van der Waals surface area contributed by atoms with Gasteiger partial charge in [-0.15, -0.1) is 0 Å². The van der Waals surface area contributed by atoms with Crippen molar-refractivity contribution in [3.63, 3.8) is 0 Å². The van der Waals surface area contributed by atoms with Crippen molar-refractivity contribution in [2.24, 2.45) is 0 Å². The molecule has 1 aliphatic heterocycles. The van der Waals surface area contributed by atoms with Crippen molar-refractivity contribution in [3.05, 3.63) is 59.2 Å². The lowest BCUT2D eigenvalue weighted by Gasteiger charge is -2.28. The molecular weight excluding hydrogens is 396 g/mol. The summed E-state index contributed by atoms with van der Waals surface area (Å²) in [5.74, 6) is 0.0779. The number of benzene rings is 2. The zero-order chi connectivity index (χ0) is 20.4. The van der Waals surface area contributed by atoms with Gasteiger partial charge in [0.1, 0.15) is 0 Å². The van der Waals surface area contributed by atoms with E-state index in [0.29, 0.717) is 25.1 Å². The molecule has 0 atom stereocenters. The lowest BCUT2D eigenvalue weighted by atomic mass is 10.0. The number of fused-ring (bicyclic) bond motifs is 1. The Kier molecular flexibility index (Phi) is 6.12. The number of sulfonamides is 2. The summed E-state index contributed by atoms with van der Waals surface area (Å²) in [5.41, 5.74) is 3.36. The molecule has 6 nitrogen and oxygen atoms in total. The number of hydrogen-bond acceptors (Lipinski definition) is 4. The van der Waals surface area contributed by atoms with E-state index in [1.807, 2.05) is 19.9 Å². The van der Waals surface area contributed by atoms with Gasteiger partial charge in [0.2, 0.25) is 20.0 Å². The Hall–Kier alpha value is -1.90. The van der Waals surface area contributed by atoms with Crippen LogP contribution in [0.4, 0.5) is 5.69 Å². The lowest BCUT2D eigenvalue weighted by molar-refractivity contribution is 0.391. The number of aryl methyl sites for hydroxylation is 1. The van der Waals surface area contributed by atoms with Gasteiger partial charge in [0.25, 0.3) is 0 Å². The average molecular weight is 423 g/mol. The molecule has 1 N–H and O–H groups in total. The van der Waals surface area contributed by atoms with Crippen molar-refractivity contribution in [3.8, 4) is 0 Å². The van der Waals surface area contributed by atoms with E-state index < -0.39 is 20.0 Å². The van der Waals surface area contributed by atoms with E-state index in [1.54, 1.807) is 36.4 Å². The average Bonchev–Trinajstić information content (AvgIpc) is 2.66. The molecule has 0 amide bonds. The molecule has 0 bridgehead atoms. The maximum Gasteiger partial charge on any atom is 0.243 e. The Labute approximate surface area is 167 Å². The third-order valence-corrected chi connectivity index (χ3v) is 8.11. The van der Waals surface area contributed by atoms with Crippen LogP contribution in [0.25, 0.3) is 0 Å². The first-order chi connectivity index (χ1) is 13.2. The van der Waals surface area contributed by atoms with Gasteiger partial charge < -0.3 is 0 Å². The highest BCUT2D eigenvalue weighted by Gasteiger charge is 2.28. The van der Waals surface area contributed by atoms with Crippen molar-refractivity contribution in [2.45, 2.75) is 44.6 Å². The summed E-state index contributed by atoms with van der Waals surface area (Å²) in [6.45, 7) is 4.50. The van der Waals surface area contributed by atoms with Crippen LogP contribution in [0.15, 0.2) is 47.4 Å². The van der Waals surface area contributed by atoms with Crippen LogP contribution >= 0.6 is 0 Å². The largest absolute Gasteiger partial charge is 0.284 e. The number of hydrogen-bond donors (Lipinski definition) is 1. The first-order valence-electron chi connectivity index (χ1n) is 9.40. The maximum absolute atomic E-state index is 13.0. The van der Waals surface area contributed by atoms with Crippen LogP contribution in [-0.4, -0.2) is 33.4 Å². The van der Waals surface area contributed by atoms with E-state index in [-0.39, 0.29) is 17.2 Å². The van der Waals surface area contributed by atoms with Gasteiger partial charge in [-0.2, -0.15) is 4.31 Å². The van der Waals surface area contributed by atoms with Crippen LogP contribution in [0, 0.1) is 6.92 Å². The summed E-state index contributed by atoms with van der Waals surface area (Å²) in [5, 5.41) is 0. The molecule has 2 aromatic rings. The highest BCUT2D eigenvalue weighted by Crippen LogP contribution is 2.27. The maximum atomic E-state index is 13.0. The smallest absolute Gasteiger partial charge is 0.243 e. The van der Waals surface area contributed by atoms with Crippen molar-refractivity contribution in [2.75, 3.05) is 17.0 Å². The van der Waals surface area contributed by atoms with E-state index in [2.05, 4.69) is 4.72 Å². The molecule has 0 saturated heterocycles. The second-order valence-corrected chi connectivity index (χ2v) is 10.9. The van der Waals surface area contributed by atoms with Gasteiger partial charge in [0.15, 0.2) is 0 Å². The molecule has 2 aromatic carbocycles. The van der Waals surface area contributed by atoms with Gasteiger partial charge in [0.05, 0.1) is 10.6 Å². The Morgan fingerprint density at radius 3 is 2.39 bits per heavy atom. The van der Waals surface area contributed by atoms with Crippen LogP contribution in [0.5, 0.6) is 0 Å². The van der Waals surface area contributed by atoms with Crippen LogP contribution in [0.3, 0.4) is 0 Å². The molecule has 0 fully saturated rings. The zero-order valence-corrected chi connectivity index (χ0v) is 17.8. The van der Waals surface area contributed by atoms with Gasteiger partial charge >= 0.3 is 0 Å². The van der Waals surface area contributed by atoms with E-state index >= 15 is 0 Å². The number of rotatable bonds is 7. The fourth-order valence-electron chi connectivity index (χ4n) is 3.22. The first-order valence-corrected chi connectivity index (χ1v) is 12.5. The predicted molar refractivity (Wildman–Crippen MR) is 111 cm³/mol. The van der Waals surface area contributed by atoms with Gasteiger partial charge in [-0.1, -0.05) is 37.1 Å². The number of anilines is 1. The molecule has 0 unspecified atom stereocenters. The molecule has 0 aromatic heterocycles. The van der Waals surface area contributed by atoms with E-state index in [9.17, 15) is 16.8 Å². The topological polar surface area (TPSA) is 83.6 Å². The van der Waals surface area contributed by atoms with E-state index in [0.717, 1.165) is 23.1 Å². The molecule has 152 valence electrons. The minimum atomic E-state index is -3.59. The van der Waals surface area contributed by atoms with Crippen LogP contribution in [0.1, 0.15) is 36.5 Å². The van der Waals surface area contributed by atoms with Gasteiger partial charge in [0, 0.05) is 18.8 Å². The summed E-state index contributed by atoms with van der Waals surface area (Å²) >= 11 is 0. The second kappa shape index (κ2) is 8.23. The SMILES string of the molecule is CCCCS(=O)(=O)Nc1ccc2c(c1)CN(S(=O)(=O)c1ccc(C)cc1)CC2. The molecule has 1 heterocycles. The normalized spacial score (nSPS) is 15.2. The standard InChI is InChI=1S/C20H26N2O4S2/c1-3-4-13-27(23,24)21-19-8-7-17-11-12-22(15-18(17)14-19)28(25,26)20-9-5-16(2)6-10-20/h5-10,14,21H,3-4,11-13,15H2,1-2H3. The Morgan fingerprint density at radius 1 is 1.00 bits per heavy atom.